The Labute approximate surface area is 128 Å². The van der Waals surface area contributed by atoms with Crippen LogP contribution < -0.4 is 14.4 Å². The summed E-state index contributed by atoms with van der Waals surface area (Å²) in [5, 5.41) is 0. The van der Waals surface area contributed by atoms with E-state index in [1.807, 2.05) is 49.5 Å². The Bertz CT molecular complexity index is 560. The summed E-state index contributed by atoms with van der Waals surface area (Å²) in [4.78, 5) is 2.14. The largest absolute Gasteiger partial charge is 0.497 e. The molecule has 0 bridgehead atoms. The average Bonchev–Trinajstić information content (AvgIpc) is 2.47. The number of nitrogens with zero attached hydrogens (tertiary/aromatic N) is 1. The Hall–Kier alpha value is -1.68. The highest BCUT2D eigenvalue weighted by molar-refractivity contribution is 9.10. The predicted octanol–water partition coefficient (Wildman–Crippen LogP) is 3.97. The molecule has 0 saturated carbocycles. The van der Waals surface area contributed by atoms with Crippen LogP contribution in [0.3, 0.4) is 0 Å². The molecule has 0 spiro atoms. The molecule has 0 N–H and O–H groups in total. The van der Waals surface area contributed by atoms with Gasteiger partial charge in [0.1, 0.15) is 18.1 Å². The van der Waals surface area contributed by atoms with Crippen LogP contribution in [-0.2, 0) is 0 Å². The Morgan fingerprint density at radius 2 is 1.80 bits per heavy atom. The molecule has 0 aliphatic heterocycles. The average molecular weight is 336 g/mol. The van der Waals surface area contributed by atoms with Crippen molar-refractivity contribution < 1.29 is 9.47 Å². The van der Waals surface area contributed by atoms with Crippen molar-refractivity contribution in [3.8, 4) is 11.5 Å². The summed E-state index contributed by atoms with van der Waals surface area (Å²) < 4.78 is 12.0. The normalized spacial score (nSPS) is 10.2. The number of likely N-dealkylation sites (N-methyl/N-ethyl adjacent to an activating group) is 1. The van der Waals surface area contributed by atoms with Crippen molar-refractivity contribution in [2.75, 3.05) is 32.2 Å². The number of ether oxygens (including phenoxy) is 2. The molecule has 0 saturated heterocycles. The van der Waals surface area contributed by atoms with Crippen LogP contribution >= 0.6 is 15.9 Å². The molecule has 2 rings (SSSR count). The molecule has 0 atom stereocenters. The number of rotatable bonds is 6. The zero-order valence-electron chi connectivity index (χ0n) is 11.7. The quantitative estimate of drug-likeness (QED) is 0.797. The van der Waals surface area contributed by atoms with E-state index in [4.69, 9.17) is 9.47 Å². The van der Waals surface area contributed by atoms with Gasteiger partial charge >= 0.3 is 0 Å². The van der Waals surface area contributed by atoms with Crippen molar-refractivity contribution in [3.05, 3.63) is 53.0 Å². The lowest BCUT2D eigenvalue weighted by atomic mass is 10.3. The van der Waals surface area contributed by atoms with Gasteiger partial charge in [-0.3, -0.25) is 0 Å². The lowest BCUT2D eigenvalue weighted by Gasteiger charge is -2.20. The van der Waals surface area contributed by atoms with Crippen LogP contribution in [0.4, 0.5) is 5.69 Å². The number of benzene rings is 2. The van der Waals surface area contributed by atoms with Crippen molar-refractivity contribution in [1.82, 2.24) is 0 Å². The summed E-state index contributed by atoms with van der Waals surface area (Å²) >= 11 is 3.43. The minimum absolute atomic E-state index is 0.629. The fraction of sp³-hybridized carbons (Fsp3) is 0.250. The van der Waals surface area contributed by atoms with Gasteiger partial charge in [-0.1, -0.05) is 28.1 Å². The standard InChI is InChI=1S/C16H18BrNO2/c1-18(14-6-4-7-15(12-14)19-2)9-10-20-16-8-3-5-13(17)11-16/h3-8,11-12H,9-10H2,1-2H3. The number of hydrogen-bond donors (Lipinski definition) is 0. The minimum atomic E-state index is 0.629. The third-order valence-corrected chi connectivity index (χ3v) is 3.48. The third-order valence-electron chi connectivity index (χ3n) is 2.99. The highest BCUT2D eigenvalue weighted by Crippen LogP contribution is 2.20. The minimum Gasteiger partial charge on any atom is -0.497 e. The van der Waals surface area contributed by atoms with Crippen LogP contribution in [0.2, 0.25) is 0 Å². The Morgan fingerprint density at radius 1 is 1.05 bits per heavy atom. The van der Waals surface area contributed by atoms with E-state index in [9.17, 15) is 0 Å². The molecular weight excluding hydrogens is 318 g/mol. The Kier molecular flexibility index (Phi) is 5.30. The number of methoxy groups -OCH3 is 1. The first-order valence-corrected chi connectivity index (χ1v) is 7.22. The van der Waals surface area contributed by atoms with E-state index in [1.54, 1.807) is 7.11 Å². The maximum absolute atomic E-state index is 5.73. The second-order valence-corrected chi connectivity index (χ2v) is 5.34. The molecule has 0 radical (unpaired) electrons. The van der Waals surface area contributed by atoms with E-state index in [0.717, 1.165) is 28.2 Å². The highest BCUT2D eigenvalue weighted by atomic mass is 79.9. The topological polar surface area (TPSA) is 21.7 Å². The molecule has 0 aromatic heterocycles. The van der Waals surface area contributed by atoms with E-state index in [2.05, 4.69) is 26.9 Å². The Morgan fingerprint density at radius 3 is 2.55 bits per heavy atom. The van der Waals surface area contributed by atoms with Crippen LogP contribution in [0, 0.1) is 0 Å². The predicted molar refractivity (Wildman–Crippen MR) is 85.9 cm³/mol. The fourth-order valence-electron chi connectivity index (χ4n) is 1.83. The van der Waals surface area contributed by atoms with Crippen molar-refractivity contribution in [3.63, 3.8) is 0 Å². The van der Waals surface area contributed by atoms with Gasteiger partial charge in [0, 0.05) is 23.3 Å². The molecule has 0 fully saturated rings. The molecule has 0 aliphatic rings. The van der Waals surface area contributed by atoms with E-state index in [1.165, 1.54) is 0 Å². The number of anilines is 1. The molecule has 0 unspecified atom stereocenters. The first-order valence-electron chi connectivity index (χ1n) is 6.42. The summed E-state index contributed by atoms with van der Waals surface area (Å²) in [7, 11) is 3.72. The van der Waals surface area contributed by atoms with E-state index >= 15 is 0 Å². The van der Waals surface area contributed by atoms with E-state index in [-0.39, 0.29) is 0 Å². The lowest BCUT2D eigenvalue weighted by molar-refractivity contribution is 0.325. The van der Waals surface area contributed by atoms with Gasteiger partial charge in [0.15, 0.2) is 0 Å². The van der Waals surface area contributed by atoms with E-state index in [0.29, 0.717) is 6.61 Å². The second kappa shape index (κ2) is 7.20. The van der Waals surface area contributed by atoms with Crippen molar-refractivity contribution in [2.24, 2.45) is 0 Å². The van der Waals surface area contributed by atoms with Crippen molar-refractivity contribution >= 4 is 21.6 Å². The first kappa shape index (κ1) is 14.7. The zero-order valence-corrected chi connectivity index (χ0v) is 13.3. The van der Waals surface area contributed by atoms with Gasteiger partial charge in [-0.25, -0.2) is 0 Å². The summed E-state index contributed by atoms with van der Waals surface area (Å²) in [5.74, 6) is 1.74. The second-order valence-electron chi connectivity index (χ2n) is 4.43. The molecule has 106 valence electrons. The van der Waals surface area contributed by atoms with Crippen molar-refractivity contribution in [2.45, 2.75) is 0 Å². The van der Waals surface area contributed by atoms with Gasteiger partial charge in [0.05, 0.1) is 13.7 Å². The van der Waals surface area contributed by atoms with Gasteiger partial charge in [-0.15, -0.1) is 0 Å². The van der Waals surface area contributed by atoms with Gasteiger partial charge in [0.2, 0.25) is 0 Å². The Balaban J connectivity index is 1.87. The molecule has 4 heteroatoms. The van der Waals surface area contributed by atoms with Crippen LogP contribution in [-0.4, -0.2) is 27.3 Å². The summed E-state index contributed by atoms with van der Waals surface area (Å²) in [6, 6.07) is 15.9. The zero-order chi connectivity index (χ0) is 14.4. The first-order chi connectivity index (χ1) is 9.69. The third kappa shape index (κ3) is 4.17. The number of halogens is 1. The van der Waals surface area contributed by atoms with Crippen LogP contribution in [0.5, 0.6) is 11.5 Å². The molecule has 0 heterocycles. The maximum atomic E-state index is 5.73. The smallest absolute Gasteiger partial charge is 0.120 e. The van der Waals surface area contributed by atoms with Crippen molar-refractivity contribution in [1.29, 1.82) is 0 Å². The molecule has 0 amide bonds. The summed E-state index contributed by atoms with van der Waals surface area (Å²) in [6.45, 7) is 1.43. The number of hydrogen-bond acceptors (Lipinski definition) is 3. The fourth-order valence-corrected chi connectivity index (χ4v) is 2.21. The van der Waals surface area contributed by atoms with Crippen LogP contribution in [0.1, 0.15) is 0 Å². The van der Waals surface area contributed by atoms with E-state index < -0.39 is 0 Å². The van der Waals surface area contributed by atoms with Gasteiger partial charge < -0.3 is 14.4 Å². The maximum Gasteiger partial charge on any atom is 0.120 e. The van der Waals surface area contributed by atoms with Gasteiger partial charge in [0.25, 0.3) is 0 Å². The summed E-state index contributed by atoms with van der Waals surface area (Å²) in [5.41, 5.74) is 1.11. The molecule has 20 heavy (non-hydrogen) atoms. The molecule has 2 aromatic rings. The lowest BCUT2D eigenvalue weighted by Crippen LogP contribution is -2.23. The molecule has 2 aromatic carbocycles. The van der Waals surface area contributed by atoms with Crippen LogP contribution in [0.25, 0.3) is 0 Å². The highest BCUT2D eigenvalue weighted by Gasteiger charge is 2.03. The molecular formula is C16H18BrNO2. The van der Waals surface area contributed by atoms with Gasteiger partial charge in [-0.2, -0.15) is 0 Å². The van der Waals surface area contributed by atoms with Gasteiger partial charge in [-0.05, 0) is 30.3 Å². The molecule has 3 nitrogen and oxygen atoms in total. The molecule has 0 aliphatic carbocycles. The monoisotopic (exact) mass is 335 g/mol. The summed E-state index contributed by atoms with van der Waals surface area (Å²) in [6.07, 6.45) is 0. The van der Waals surface area contributed by atoms with Crippen LogP contribution in [0.15, 0.2) is 53.0 Å². The SMILES string of the molecule is COc1cccc(N(C)CCOc2cccc(Br)c2)c1.